The highest BCUT2D eigenvalue weighted by molar-refractivity contribution is 5.91. The molecule has 0 aromatic carbocycles. The van der Waals surface area contributed by atoms with Gasteiger partial charge in [0.05, 0.1) is 12.0 Å². The van der Waals surface area contributed by atoms with Crippen LogP contribution >= 0.6 is 0 Å². The molecule has 1 aromatic rings. The van der Waals surface area contributed by atoms with E-state index in [1.54, 1.807) is 0 Å². The van der Waals surface area contributed by atoms with E-state index in [2.05, 4.69) is 9.72 Å². The smallest absolute Gasteiger partial charge is 0.363 e. The van der Waals surface area contributed by atoms with Crippen molar-refractivity contribution < 1.29 is 23.2 Å². The van der Waals surface area contributed by atoms with Gasteiger partial charge in [-0.1, -0.05) is 0 Å². The minimum Gasteiger partial charge on any atom is -0.464 e. The lowest BCUT2D eigenvalue weighted by atomic mass is 10.2. The maximum atomic E-state index is 12.2. The first-order valence-corrected chi connectivity index (χ1v) is 3.98. The zero-order valence-electron chi connectivity index (χ0n) is 8.02. The molecule has 0 saturated heterocycles. The Labute approximate surface area is 88.0 Å². The van der Waals surface area contributed by atoms with Crippen molar-refractivity contribution in [2.45, 2.75) is 6.43 Å². The van der Waals surface area contributed by atoms with Crippen LogP contribution in [-0.2, 0) is 4.74 Å². The molecule has 0 radical (unpaired) electrons. The first-order chi connectivity index (χ1) is 7.47. The molecule has 0 fully saturated rings. The van der Waals surface area contributed by atoms with Crippen LogP contribution in [0.2, 0.25) is 0 Å². The molecule has 0 bridgehead atoms. The van der Waals surface area contributed by atoms with E-state index in [1.807, 2.05) is 0 Å². The Bertz CT molecular complexity index is 436. The van der Waals surface area contributed by atoms with Gasteiger partial charge in [-0.15, -0.1) is 0 Å². The van der Waals surface area contributed by atoms with Gasteiger partial charge >= 0.3 is 11.7 Å². The Morgan fingerprint density at radius 2 is 2.25 bits per heavy atom. The molecule has 8 heteroatoms. The molecule has 0 amide bonds. The zero-order chi connectivity index (χ0) is 12.3. The van der Waals surface area contributed by atoms with Crippen LogP contribution in [0.15, 0.2) is 12.3 Å². The lowest BCUT2D eigenvalue weighted by Gasteiger charge is -2.02. The number of esters is 1. The van der Waals surface area contributed by atoms with Crippen molar-refractivity contribution in [1.29, 1.82) is 0 Å². The molecular formula is C8H6F2N2O4. The van der Waals surface area contributed by atoms with Crippen molar-refractivity contribution in [3.05, 3.63) is 33.6 Å². The largest absolute Gasteiger partial charge is 0.464 e. The average Bonchev–Trinajstić information content (AvgIpc) is 2.26. The predicted octanol–water partition coefficient (Wildman–Crippen LogP) is 1.71. The Morgan fingerprint density at radius 1 is 1.62 bits per heavy atom. The minimum atomic E-state index is -2.89. The average molecular weight is 232 g/mol. The van der Waals surface area contributed by atoms with Crippen molar-refractivity contribution in [2.24, 2.45) is 0 Å². The van der Waals surface area contributed by atoms with Crippen LogP contribution in [0, 0.1) is 10.1 Å². The van der Waals surface area contributed by atoms with Gasteiger partial charge in [0.2, 0.25) is 5.69 Å². The standard InChI is InChI=1S/C8H6F2N2O4/c1-16-8(13)6-5(12(14)15)2-4(3-11-6)7(9)10/h2-3,7H,1H3. The second kappa shape index (κ2) is 4.60. The summed E-state index contributed by atoms with van der Waals surface area (Å²) >= 11 is 0. The topological polar surface area (TPSA) is 82.3 Å². The van der Waals surface area contributed by atoms with Crippen LogP contribution in [0.3, 0.4) is 0 Å². The summed E-state index contributed by atoms with van der Waals surface area (Å²) < 4.78 is 28.7. The van der Waals surface area contributed by atoms with Crippen molar-refractivity contribution in [2.75, 3.05) is 7.11 Å². The molecule has 0 atom stereocenters. The molecule has 0 spiro atoms. The summed E-state index contributed by atoms with van der Waals surface area (Å²) in [5.74, 6) is -1.05. The summed E-state index contributed by atoms with van der Waals surface area (Å²) in [5.41, 5.74) is -2.03. The van der Waals surface area contributed by atoms with Crippen molar-refractivity contribution in [3.8, 4) is 0 Å². The fourth-order valence-electron chi connectivity index (χ4n) is 0.981. The third-order valence-corrected chi connectivity index (χ3v) is 1.72. The summed E-state index contributed by atoms with van der Waals surface area (Å²) in [7, 11) is 1.01. The molecule has 0 aliphatic carbocycles. The number of carbonyl (C=O) groups excluding carboxylic acids is 1. The highest BCUT2D eigenvalue weighted by Gasteiger charge is 2.25. The van der Waals surface area contributed by atoms with Crippen LogP contribution in [0.25, 0.3) is 0 Å². The summed E-state index contributed by atoms with van der Waals surface area (Å²) in [4.78, 5) is 23.9. The second-order valence-electron chi connectivity index (χ2n) is 2.69. The maximum Gasteiger partial charge on any atom is 0.363 e. The summed E-state index contributed by atoms with van der Waals surface area (Å²) in [6, 6.07) is 0.601. The summed E-state index contributed by atoms with van der Waals surface area (Å²) in [6.07, 6.45) is -2.19. The fraction of sp³-hybridized carbons (Fsp3) is 0.250. The molecular weight excluding hydrogens is 226 g/mol. The highest BCUT2D eigenvalue weighted by atomic mass is 19.3. The van der Waals surface area contributed by atoms with Gasteiger partial charge < -0.3 is 4.74 Å². The number of rotatable bonds is 3. The SMILES string of the molecule is COC(=O)c1ncc(C(F)F)cc1[N+](=O)[O-]. The number of methoxy groups -OCH3 is 1. The van der Waals surface area contributed by atoms with Gasteiger partial charge in [0, 0.05) is 17.8 Å². The number of nitrogens with zero attached hydrogens (tertiary/aromatic N) is 2. The second-order valence-corrected chi connectivity index (χ2v) is 2.69. The number of nitro groups is 1. The molecule has 0 N–H and O–H groups in total. The molecule has 86 valence electrons. The Morgan fingerprint density at radius 3 is 2.69 bits per heavy atom. The molecule has 1 rings (SSSR count). The van der Waals surface area contributed by atoms with Gasteiger partial charge in [-0.2, -0.15) is 0 Å². The number of alkyl halides is 2. The van der Waals surface area contributed by atoms with Gasteiger partial charge in [0.15, 0.2) is 0 Å². The summed E-state index contributed by atoms with van der Waals surface area (Å²) in [6.45, 7) is 0. The van der Waals surface area contributed by atoms with Crippen LogP contribution in [0.5, 0.6) is 0 Å². The molecule has 16 heavy (non-hydrogen) atoms. The number of hydrogen-bond donors (Lipinski definition) is 0. The highest BCUT2D eigenvalue weighted by Crippen LogP contribution is 2.24. The van der Waals surface area contributed by atoms with Gasteiger partial charge in [-0.3, -0.25) is 10.1 Å². The molecule has 1 aromatic heterocycles. The normalized spacial score (nSPS) is 10.2. The maximum absolute atomic E-state index is 12.2. The van der Waals surface area contributed by atoms with Crippen molar-refractivity contribution >= 4 is 11.7 Å². The van der Waals surface area contributed by atoms with E-state index in [1.165, 1.54) is 0 Å². The molecule has 0 saturated carbocycles. The van der Waals surface area contributed by atoms with Crippen LogP contribution in [0.4, 0.5) is 14.5 Å². The van der Waals surface area contributed by atoms with Gasteiger partial charge in [0.1, 0.15) is 0 Å². The molecule has 0 aliphatic rings. The van der Waals surface area contributed by atoms with Gasteiger partial charge in [-0.05, 0) is 0 Å². The van der Waals surface area contributed by atoms with Crippen LogP contribution in [-0.4, -0.2) is 23.0 Å². The molecule has 6 nitrogen and oxygen atoms in total. The number of carbonyl (C=O) groups is 1. The van der Waals surface area contributed by atoms with E-state index in [4.69, 9.17) is 0 Å². The van der Waals surface area contributed by atoms with Crippen molar-refractivity contribution in [3.63, 3.8) is 0 Å². The van der Waals surface area contributed by atoms with E-state index < -0.39 is 34.3 Å². The first-order valence-electron chi connectivity index (χ1n) is 3.98. The number of pyridine rings is 1. The third kappa shape index (κ3) is 2.27. The van der Waals surface area contributed by atoms with E-state index >= 15 is 0 Å². The number of ether oxygens (including phenoxy) is 1. The zero-order valence-corrected chi connectivity index (χ0v) is 8.02. The lowest BCUT2D eigenvalue weighted by Crippen LogP contribution is -2.09. The van der Waals surface area contributed by atoms with Crippen molar-refractivity contribution in [1.82, 2.24) is 4.98 Å². The quantitative estimate of drug-likeness (QED) is 0.450. The Hall–Kier alpha value is -2.12. The number of hydrogen-bond acceptors (Lipinski definition) is 5. The number of aromatic nitrogens is 1. The fourth-order valence-corrected chi connectivity index (χ4v) is 0.981. The van der Waals surface area contributed by atoms with E-state index in [9.17, 15) is 23.7 Å². The van der Waals surface area contributed by atoms with Crippen LogP contribution in [0.1, 0.15) is 22.5 Å². The Balaban J connectivity index is 3.30. The number of halogens is 2. The van der Waals surface area contributed by atoms with E-state index in [-0.39, 0.29) is 0 Å². The minimum absolute atomic E-state index is 0.600. The molecule has 1 heterocycles. The Kier molecular flexibility index (Phi) is 3.44. The molecule has 0 unspecified atom stereocenters. The first kappa shape index (κ1) is 12.0. The third-order valence-electron chi connectivity index (χ3n) is 1.72. The van der Waals surface area contributed by atoms with Gasteiger partial charge in [0.25, 0.3) is 6.43 Å². The summed E-state index contributed by atoms with van der Waals surface area (Å²) in [5, 5.41) is 10.5. The molecule has 0 aliphatic heterocycles. The van der Waals surface area contributed by atoms with Crippen LogP contribution < -0.4 is 0 Å². The van der Waals surface area contributed by atoms with E-state index in [0.717, 1.165) is 7.11 Å². The van der Waals surface area contributed by atoms with Gasteiger partial charge in [-0.25, -0.2) is 18.6 Å². The van der Waals surface area contributed by atoms with E-state index in [0.29, 0.717) is 12.3 Å². The predicted molar refractivity (Wildman–Crippen MR) is 47.2 cm³/mol. The monoisotopic (exact) mass is 232 g/mol. The lowest BCUT2D eigenvalue weighted by molar-refractivity contribution is -0.385.